The van der Waals surface area contributed by atoms with E-state index in [4.69, 9.17) is 9.47 Å². The summed E-state index contributed by atoms with van der Waals surface area (Å²) in [6.07, 6.45) is 6.45. The highest BCUT2D eigenvalue weighted by molar-refractivity contribution is 4.87. The van der Waals surface area contributed by atoms with Crippen molar-refractivity contribution in [1.29, 1.82) is 0 Å². The molecule has 2 nitrogen and oxygen atoms in total. The van der Waals surface area contributed by atoms with Gasteiger partial charge in [-0.2, -0.15) is 0 Å². The zero-order valence-corrected chi connectivity index (χ0v) is 7.95. The minimum atomic E-state index is -0.0749. The van der Waals surface area contributed by atoms with E-state index in [1.54, 1.807) is 0 Å². The van der Waals surface area contributed by atoms with Crippen molar-refractivity contribution in [3.63, 3.8) is 0 Å². The van der Waals surface area contributed by atoms with Crippen LogP contribution in [0.4, 0.5) is 0 Å². The van der Waals surface area contributed by atoms with Gasteiger partial charge in [-0.1, -0.05) is 26.3 Å². The van der Waals surface area contributed by atoms with Gasteiger partial charge in [0.15, 0.2) is 6.29 Å². The van der Waals surface area contributed by atoms with Crippen LogP contribution in [0.25, 0.3) is 0 Å². The average molecular weight is 170 g/mol. The Balaban J connectivity index is 2.11. The first-order valence-electron chi connectivity index (χ1n) is 4.72. The zero-order chi connectivity index (χ0) is 8.81. The van der Waals surface area contributed by atoms with Crippen LogP contribution < -0.4 is 0 Å². The molecule has 0 aromatic rings. The second-order valence-corrected chi connectivity index (χ2v) is 3.29. The first-order valence-corrected chi connectivity index (χ1v) is 4.72. The molecule has 1 aliphatic heterocycles. The fourth-order valence-corrected chi connectivity index (χ4v) is 1.08. The van der Waals surface area contributed by atoms with E-state index in [-0.39, 0.29) is 6.29 Å². The second-order valence-electron chi connectivity index (χ2n) is 3.29. The van der Waals surface area contributed by atoms with Crippen molar-refractivity contribution in [3.05, 3.63) is 12.2 Å². The Morgan fingerprint density at radius 2 is 2.08 bits per heavy atom. The van der Waals surface area contributed by atoms with Crippen LogP contribution in [0.5, 0.6) is 0 Å². The molecule has 1 fully saturated rings. The van der Waals surface area contributed by atoms with Crippen molar-refractivity contribution >= 4 is 0 Å². The molecule has 70 valence electrons. The maximum absolute atomic E-state index is 5.26. The number of hydrogen-bond acceptors (Lipinski definition) is 2. The summed E-state index contributed by atoms with van der Waals surface area (Å²) in [5.74, 6) is 0.766. The highest BCUT2D eigenvalue weighted by Gasteiger charge is 2.11. The van der Waals surface area contributed by atoms with Crippen molar-refractivity contribution in [3.8, 4) is 0 Å². The fourth-order valence-electron chi connectivity index (χ4n) is 1.08. The van der Waals surface area contributed by atoms with Gasteiger partial charge in [0.05, 0.1) is 13.2 Å². The highest BCUT2D eigenvalue weighted by atomic mass is 16.7. The number of allylic oxidation sites excluding steroid dienone is 1. The normalized spacial score (nSPS) is 22.2. The predicted octanol–water partition coefficient (Wildman–Crippen LogP) is 2.35. The van der Waals surface area contributed by atoms with E-state index in [9.17, 15) is 0 Å². The van der Waals surface area contributed by atoms with Crippen molar-refractivity contribution in [2.24, 2.45) is 5.92 Å². The molecule has 0 saturated carbocycles. The summed E-state index contributed by atoms with van der Waals surface area (Å²) >= 11 is 0. The van der Waals surface area contributed by atoms with Gasteiger partial charge in [-0.15, -0.1) is 0 Å². The van der Waals surface area contributed by atoms with E-state index in [0.29, 0.717) is 0 Å². The average Bonchev–Trinajstić information content (AvgIpc) is 2.57. The molecular formula is C10H18O2. The van der Waals surface area contributed by atoms with Gasteiger partial charge in [0.1, 0.15) is 0 Å². The Labute approximate surface area is 74.6 Å². The van der Waals surface area contributed by atoms with Crippen LogP contribution in [0.2, 0.25) is 0 Å². The molecule has 1 aliphatic rings. The molecule has 0 bridgehead atoms. The molecule has 2 heteroatoms. The van der Waals surface area contributed by atoms with E-state index in [2.05, 4.69) is 19.9 Å². The van der Waals surface area contributed by atoms with Gasteiger partial charge in [-0.25, -0.2) is 0 Å². The van der Waals surface area contributed by atoms with Crippen LogP contribution in [-0.2, 0) is 9.47 Å². The van der Waals surface area contributed by atoms with Crippen LogP contribution >= 0.6 is 0 Å². The topological polar surface area (TPSA) is 18.5 Å². The largest absolute Gasteiger partial charge is 0.347 e. The molecule has 0 spiro atoms. The van der Waals surface area contributed by atoms with Gasteiger partial charge in [0.25, 0.3) is 0 Å². The molecule has 1 heterocycles. The van der Waals surface area contributed by atoms with Gasteiger partial charge in [0, 0.05) is 0 Å². The second kappa shape index (κ2) is 5.33. The molecule has 1 rings (SSSR count). The highest BCUT2D eigenvalue weighted by Crippen LogP contribution is 2.09. The Bertz CT molecular complexity index is 137. The van der Waals surface area contributed by atoms with Gasteiger partial charge in [0.2, 0.25) is 0 Å². The first kappa shape index (κ1) is 9.75. The van der Waals surface area contributed by atoms with Gasteiger partial charge in [-0.05, 0) is 18.4 Å². The van der Waals surface area contributed by atoms with Crippen molar-refractivity contribution in [2.45, 2.75) is 33.0 Å². The minimum absolute atomic E-state index is 0.0749. The quantitative estimate of drug-likeness (QED) is 0.603. The maximum Gasteiger partial charge on any atom is 0.177 e. The lowest BCUT2D eigenvalue weighted by Gasteiger charge is -2.04. The summed E-state index contributed by atoms with van der Waals surface area (Å²) in [4.78, 5) is 0. The summed E-state index contributed by atoms with van der Waals surface area (Å²) in [6, 6.07) is 0. The lowest BCUT2D eigenvalue weighted by Crippen LogP contribution is -2.02. The molecule has 1 unspecified atom stereocenters. The monoisotopic (exact) mass is 170 g/mol. The van der Waals surface area contributed by atoms with Crippen molar-refractivity contribution in [2.75, 3.05) is 13.2 Å². The van der Waals surface area contributed by atoms with E-state index in [1.165, 1.54) is 6.42 Å². The third kappa shape index (κ3) is 3.37. The summed E-state index contributed by atoms with van der Waals surface area (Å²) in [7, 11) is 0. The minimum Gasteiger partial charge on any atom is -0.347 e. The lowest BCUT2D eigenvalue weighted by atomic mass is 10.1. The van der Waals surface area contributed by atoms with Crippen molar-refractivity contribution in [1.82, 2.24) is 0 Å². The van der Waals surface area contributed by atoms with Gasteiger partial charge >= 0.3 is 0 Å². The summed E-state index contributed by atoms with van der Waals surface area (Å²) in [5.41, 5.74) is 0. The molecule has 0 N–H and O–H groups in total. The molecular weight excluding hydrogens is 152 g/mol. The molecule has 0 aromatic carbocycles. The maximum atomic E-state index is 5.26. The smallest absolute Gasteiger partial charge is 0.177 e. The van der Waals surface area contributed by atoms with E-state index < -0.39 is 0 Å². The summed E-state index contributed by atoms with van der Waals surface area (Å²) < 4.78 is 10.5. The summed E-state index contributed by atoms with van der Waals surface area (Å²) in [6.45, 7) is 5.93. The Morgan fingerprint density at radius 1 is 1.42 bits per heavy atom. The number of rotatable bonds is 4. The Hall–Kier alpha value is -0.340. The predicted molar refractivity (Wildman–Crippen MR) is 48.9 cm³/mol. The fraction of sp³-hybridized carbons (Fsp3) is 0.800. The Morgan fingerprint density at radius 3 is 2.67 bits per heavy atom. The third-order valence-corrected chi connectivity index (χ3v) is 2.18. The van der Waals surface area contributed by atoms with Crippen LogP contribution in [0.1, 0.15) is 26.7 Å². The van der Waals surface area contributed by atoms with Crippen LogP contribution in [0.3, 0.4) is 0 Å². The van der Waals surface area contributed by atoms with Crippen LogP contribution in [0, 0.1) is 5.92 Å². The third-order valence-electron chi connectivity index (χ3n) is 2.18. The van der Waals surface area contributed by atoms with E-state index in [0.717, 1.165) is 25.6 Å². The first-order chi connectivity index (χ1) is 5.83. The van der Waals surface area contributed by atoms with Crippen molar-refractivity contribution < 1.29 is 9.47 Å². The molecule has 0 radical (unpaired) electrons. The van der Waals surface area contributed by atoms with Crippen LogP contribution in [-0.4, -0.2) is 19.5 Å². The molecule has 0 aliphatic carbocycles. The van der Waals surface area contributed by atoms with E-state index in [1.807, 2.05) is 6.08 Å². The zero-order valence-electron chi connectivity index (χ0n) is 7.95. The standard InChI is InChI=1S/C10H18O2/c1-3-9(2)5-4-6-10-11-7-8-12-10/h4,6,9-10H,3,5,7-8H2,1-2H3/b6-4+. The number of ether oxygens (including phenoxy) is 2. The van der Waals surface area contributed by atoms with Crippen LogP contribution in [0.15, 0.2) is 12.2 Å². The van der Waals surface area contributed by atoms with E-state index >= 15 is 0 Å². The lowest BCUT2D eigenvalue weighted by molar-refractivity contribution is -0.00177. The SMILES string of the molecule is CCC(C)C/C=C/C1OCCO1. The molecule has 1 atom stereocenters. The Kier molecular flexibility index (Phi) is 4.33. The summed E-state index contributed by atoms with van der Waals surface area (Å²) in [5, 5.41) is 0. The van der Waals surface area contributed by atoms with Gasteiger partial charge < -0.3 is 9.47 Å². The molecule has 12 heavy (non-hydrogen) atoms. The molecule has 0 amide bonds. The molecule has 0 aromatic heterocycles. The van der Waals surface area contributed by atoms with Gasteiger partial charge in [-0.3, -0.25) is 0 Å². The number of hydrogen-bond donors (Lipinski definition) is 0. The molecule has 1 saturated heterocycles.